The molecule has 1 aliphatic rings. The van der Waals surface area contributed by atoms with E-state index >= 15 is 0 Å². The number of fused-ring (bicyclic) bond motifs is 1. The minimum Gasteiger partial charge on any atom is -0.475 e. The molecule has 0 aliphatic carbocycles. The first-order chi connectivity index (χ1) is 16.5. The summed E-state index contributed by atoms with van der Waals surface area (Å²) < 4.78 is 33.4. The number of piperidine rings is 1. The standard InChI is InChI=1S/C21H20ClN5O.C2HF3O2/c22-16-7-8-18-19(10-16)25-21(26-9-3-6-17(24)13-26)27(20(18)28)12-15-5-2-1-4-14(15)11-23;3-2(4,5)1(6)7/h1-2,4-5,7-8,10,17H,3,6,9,12-13,24H2;(H,6,7). The maximum atomic E-state index is 13.3. The van der Waals surface area contributed by atoms with Crippen LogP contribution in [0.3, 0.4) is 0 Å². The predicted molar refractivity (Wildman–Crippen MR) is 124 cm³/mol. The third-order valence-corrected chi connectivity index (χ3v) is 5.58. The van der Waals surface area contributed by atoms with Crippen LogP contribution in [0.4, 0.5) is 19.1 Å². The number of halogens is 4. The molecule has 8 nitrogen and oxygen atoms in total. The largest absolute Gasteiger partial charge is 0.490 e. The zero-order chi connectivity index (χ0) is 25.8. The van der Waals surface area contributed by atoms with Crippen LogP contribution < -0.4 is 16.2 Å². The van der Waals surface area contributed by atoms with Gasteiger partial charge in [0.15, 0.2) is 0 Å². The number of hydrogen-bond donors (Lipinski definition) is 2. The maximum absolute atomic E-state index is 13.3. The number of alkyl halides is 3. The second-order valence-corrected chi connectivity index (χ2v) is 8.32. The van der Waals surface area contributed by atoms with Crippen molar-refractivity contribution < 1.29 is 23.1 Å². The molecule has 184 valence electrons. The average molecular weight is 508 g/mol. The smallest absolute Gasteiger partial charge is 0.475 e. The van der Waals surface area contributed by atoms with Crippen LogP contribution in [0.1, 0.15) is 24.0 Å². The number of carboxylic acids is 1. The molecule has 12 heteroatoms. The summed E-state index contributed by atoms with van der Waals surface area (Å²) in [6.07, 6.45) is -3.18. The molecule has 1 aromatic heterocycles. The van der Waals surface area contributed by atoms with E-state index in [0.717, 1.165) is 24.9 Å². The highest BCUT2D eigenvalue weighted by Crippen LogP contribution is 2.23. The maximum Gasteiger partial charge on any atom is 0.490 e. The van der Waals surface area contributed by atoms with Gasteiger partial charge in [-0.3, -0.25) is 9.36 Å². The van der Waals surface area contributed by atoms with Crippen LogP contribution in [0.5, 0.6) is 0 Å². The molecular weight excluding hydrogens is 487 g/mol. The van der Waals surface area contributed by atoms with E-state index in [1.807, 2.05) is 18.2 Å². The van der Waals surface area contributed by atoms with E-state index in [9.17, 15) is 23.2 Å². The van der Waals surface area contributed by atoms with Crippen molar-refractivity contribution in [2.75, 3.05) is 18.0 Å². The van der Waals surface area contributed by atoms with Gasteiger partial charge in [0.1, 0.15) is 0 Å². The van der Waals surface area contributed by atoms with Gasteiger partial charge in [-0.05, 0) is 42.7 Å². The highest BCUT2D eigenvalue weighted by molar-refractivity contribution is 6.31. The Morgan fingerprint density at radius 3 is 2.60 bits per heavy atom. The molecule has 1 fully saturated rings. The van der Waals surface area contributed by atoms with Crippen molar-refractivity contribution in [3.63, 3.8) is 0 Å². The summed E-state index contributed by atoms with van der Waals surface area (Å²) >= 11 is 6.12. The molecule has 3 N–H and O–H groups in total. The SMILES string of the molecule is N#Cc1ccccc1Cn1c(N2CCCC(N)C2)nc2cc(Cl)ccc2c1=O.O=C(O)C(F)(F)F. The monoisotopic (exact) mass is 507 g/mol. The van der Waals surface area contributed by atoms with Gasteiger partial charge in [0.05, 0.1) is 29.1 Å². The number of carbonyl (C=O) groups is 1. The van der Waals surface area contributed by atoms with Gasteiger partial charge in [-0.25, -0.2) is 9.78 Å². The lowest BCUT2D eigenvalue weighted by atomic mass is 10.1. The Morgan fingerprint density at radius 2 is 1.97 bits per heavy atom. The number of nitrogens with two attached hydrogens (primary N) is 1. The fourth-order valence-corrected chi connectivity index (χ4v) is 3.86. The Labute approximate surface area is 203 Å². The zero-order valence-electron chi connectivity index (χ0n) is 18.3. The first-order valence-electron chi connectivity index (χ1n) is 10.5. The summed E-state index contributed by atoms with van der Waals surface area (Å²) in [4.78, 5) is 29.1. The second kappa shape index (κ2) is 10.8. The average Bonchev–Trinajstić information content (AvgIpc) is 2.80. The Balaban J connectivity index is 0.000000429. The molecule has 3 aromatic rings. The van der Waals surface area contributed by atoms with Crippen LogP contribution in [0.15, 0.2) is 47.3 Å². The van der Waals surface area contributed by atoms with Crippen LogP contribution in [0.25, 0.3) is 10.9 Å². The fraction of sp³-hybridized carbons (Fsp3) is 0.304. The lowest BCUT2D eigenvalue weighted by Crippen LogP contribution is -2.45. The van der Waals surface area contributed by atoms with E-state index in [2.05, 4.69) is 11.0 Å². The second-order valence-electron chi connectivity index (χ2n) is 7.88. The van der Waals surface area contributed by atoms with Crippen molar-refractivity contribution in [3.05, 3.63) is 69.0 Å². The first-order valence-corrected chi connectivity index (χ1v) is 10.9. The lowest BCUT2D eigenvalue weighted by Gasteiger charge is -2.33. The number of nitrogens with zero attached hydrogens (tertiary/aromatic N) is 4. The van der Waals surface area contributed by atoms with Gasteiger partial charge < -0.3 is 15.7 Å². The van der Waals surface area contributed by atoms with E-state index < -0.39 is 12.1 Å². The van der Waals surface area contributed by atoms with Gasteiger partial charge >= 0.3 is 12.1 Å². The first kappa shape index (κ1) is 26.0. The number of hydrogen-bond acceptors (Lipinski definition) is 6. The molecule has 1 saturated heterocycles. The summed E-state index contributed by atoms with van der Waals surface area (Å²) in [5, 5.41) is 17.6. The summed E-state index contributed by atoms with van der Waals surface area (Å²) in [6.45, 7) is 1.69. The van der Waals surface area contributed by atoms with Crippen LogP contribution in [0.2, 0.25) is 5.02 Å². The van der Waals surface area contributed by atoms with Crippen molar-refractivity contribution in [2.24, 2.45) is 5.73 Å². The molecule has 4 rings (SSSR count). The third-order valence-electron chi connectivity index (χ3n) is 5.35. The van der Waals surface area contributed by atoms with Crippen molar-refractivity contribution in [3.8, 4) is 6.07 Å². The molecule has 1 unspecified atom stereocenters. The topological polar surface area (TPSA) is 125 Å². The van der Waals surface area contributed by atoms with E-state index in [1.165, 1.54) is 0 Å². The normalized spacial score (nSPS) is 15.8. The van der Waals surface area contributed by atoms with Crippen molar-refractivity contribution in [2.45, 2.75) is 31.6 Å². The molecule has 0 saturated carbocycles. The van der Waals surface area contributed by atoms with Crippen molar-refractivity contribution >= 4 is 34.4 Å². The van der Waals surface area contributed by atoms with Crippen molar-refractivity contribution in [1.82, 2.24) is 9.55 Å². The van der Waals surface area contributed by atoms with Crippen LogP contribution in [-0.4, -0.2) is 45.9 Å². The number of anilines is 1. The molecule has 1 atom stereocenters. The van der Waals surface area contributed by atoms with Crippen molar-refractivity contribution in [1.29, 1.82) is 5.26 Å². The van der Waals surface area contributed by atoms with Crippen LogP contribution >= 0.6 is 11.6 Å². The lowest BCUT2D eigenvalue weighted by molar-refractivity contribution is -0.192. The molecule has 0 radical (unpaired) electrons. The number of aliphatic carboxylic acids is 1. The minimum absolute atomic E-state index is 0.0422. The highest BCUT2D eigenvalue weighted by atomic mass is 35.5. The van der Waals surface area contributed by atoms with Gasteiger partial charge in [0.2, 0.25) is 5.95 Å². The number of rotatable bonds is 3. The molecule has 0 spiro atoms. The summed E-state index contributed by atoms with van der Waals surface area (Å²) in [7, 11) is 0. The fourth-order valence-electron chi connectivity index (χ4n) is 3.70. The quantitative estimate of drug-likeness (QED) is 0.555. The zero-order valence-corrected chi connectivity index (χ0v) is 19.1. The van der Waals surface area contributed by atoms with E-state index in [0.29, 0.717) is 34.0 Å². The third kappa shape index (κ3) is 6.29. The Hall–Kier alpha value is -3.62. The Kier molecular flexibility index (Phi) is 7.99. The minimum atomic E-state index is -5.08. The molecule has 2 aromatic carbocycles. The van der Waals surface area contributed by atoms with Crippen LogP contribution in [0, 0.1) is 11.3 Å². The predicted octanol–water partition coefficient (Wildman–Crippen LogP) is 3.53. The van der Waals surface area contributed by atoms with Gasteiger partial charge in [-0.2, -0.15) is 18.4 Å². The summed E-state index contributed by atoms with van der Waals surface area (Å²) in [5.41, 5.74) is 7.91. The highest BCUT2D eigenvalue weighted by Gasteiger charge is 2.38. The van der Waals surface area contributed by atoms with Gasteiger partial charge in [-0.1, -0.05) is 29.8 Å². The van der Waals surface area contributed by atoms with Gasteiger partial charge in [-0.15, -0.1) is 0 Å². The molecule has 0 bridgehead atoms. The molecule has 2 heterocycles. The molecular formula is C23H21ClF3N5O3. The molecule has 35 heavy (non-hydrogen) atoms. The number of benzene rings is 2. The number of carboxylic acid groups (broad SMARTS) is 1. The Bertz CT molecular complexity index is 1340. The van der Waals surface area contributed by atoms with E-state index in [4.69, 9.17) is 32.2 Å². The molecule has 1 aliphatic heterocycles. The van der Waals surface area contributed by atoms with Gasteiger partial charge in [0.25, 0.3) is 5.56 Å². The summed E-state index contributed by atoms with van der Waals surface area (Å²) in [5.74, 6) is -2.19. The molecule has 0 amide bonds. The number of nitriles is 1. The Morgan fingerprint density at radius 1 is 1.29 bits per heavy atom. The summed E-state index contributed by atoms with van der Waals surface area (Å²) in [6, 6.07) is 14.6. The van der Waals surface area contributed by atoms with E-state index in [-0.39, 0.29) is 18.1 Å². The number of aromatic nitrogens is 2. The van der Waals surface area contributed by atoms with E-state index in [1.54, 1.807) is 28.8 Å². The van der Waals surface area contributed by atoms with Gasteiger partial charge in [0, 0.05) is 24.2 Å². The van der Waals surface area contributed by atoms with Crippen LogP contribution in [-0.2, 0) is 11.3 Å².